The lowest BCUT2D eigenvalue weighted by Crippen LogP contribution is -2.27. The van der Waals surface area contributed by atoms with E-state index in [1.807, 2.05) is 11.8 Å². The monoisotopic (exact) mass is 259 g/mol. The molecule has 2 aromatic rings. The van der Waals surface area contributed by atoms with Gasteiger partial charge in [-0.3, -0.25) is 0 Å². The van der Waals surface area contributed by atoms with Crippen molar-refractivity contribution in [2.24, 2.45) is 0 Å². The van der Waals surface area contributed by atoms with Gasteiger partial charge < -0.3 is 5.32 Å². The van der Waals surface area contributed by atoms with Gasteiger partial charge in [-0.05, 0) is 36.4 Å². The van der Waals surface area contributed by atoms with E-state index in [0.29, 0.717) is 6.04 Å². The quantitative estimate of drug-likeness (QED) is 0.775. The summed E-state index contributed by atoms with van der Waals surface area (Å²) < 4.78 is 0. The lowest BCUT2D eigenvalue weighted by Gasteiger charge is -2.14. The molecule has 96 valence electrons. The van der Waals surface area contributed by atoms with Gasteiger partial charge in [0.05, 0.1) is 0 Å². The molecule has 2 heteroatoms. The maximum Gasteiger partial charge on any atom is 0.0158 e. The zero-order valence-electron chi connectivity index (χ0n) is 11.1. The molecule has 18 heavy (non-hydrogen) atoms. The molecule has 1 N–H and O–H groups in total. The minimum atomic E-state index is 0.617. The van der Waals surface area contributed by atoms with Crippen molar-refractivity contribution in [3.05, 3.63) is 42.5 Å². The van der Waals surface area contributed by atoms with E-state index in [9.17, 15) is 0 Å². The first kappa shape index (κ1) is 13.4. The van der Waals surface area contributed by atoms with Crippen molar-refractivity contribution < 1.29 is 0 Å². The summed E-state index contributed by atoms with van der Waals surface area (Å²) in [7, 11) is 2.06. The third-order valence-corrected chi connectivity index (χ3v) is 4.37. The zero-order chi connectivity index (χ0) is 12.8. The van der Waals surface area contributed by atoms with Gasteiger partial charge in [-0.2, -0.15) is 0 Å². The maximum atomic E-state index is 3.39. The molecule has 1 atom stereocenters. The van der Waals surface area contributed by atoms with Crippen LogP contribution in [0, 0.1) is 0 Å². The number of fused-ring (bicyclic) bond motifs is 1. The van der Waals surface area contributed by atoms with E-state index in [-0.39, 0.29) is 0 Å². The summed E-state index contributed by atoms with van der Waals surface area (Å²) in [5.74, 6) is 1.14. The van der Waals surface area contributed by atoms with Crippen LogP contribution in [-0.4, -0.2) is 18.8 Å². The molecule has 0 aromatic heterocycles. The molecule has 0 saturated carbocycles. The van der Waals surface area contributed by atoms with E-state index in [2.05, 4.69) is 61.8 Å². The fraction of sp³-hybridized carbons (Fsp3) is 0.375. The van der Waals surface area contributed by atoms with Gasteiger partial charge in [0.25, 0.3) is 0 Å². The topological polar surface area (TPSA) is 12.0 Å². The number of benzene rings is 2. The Hall–Kier alpha value is -0.990. The Morgan fingerprint density at radius 3 is 2.61 bits per heavy atom. The first-order valence-corrected chi connectivity index (χ1v) is 7.61. The first-order valence-electron chi connectivity index (χ1n) is 6.62. The second kappa shape index (κ2) is 6.81. The van der Waals surface area contributed by atoms with Crippen LogP contribution in [0.15, 0.2) is 47.4 Å². The zero-order valence-corrected chi connectivity index (χ0v) is 12.0. The number of rotatable bonds is 6. The fourth-order valence-electron chi connectivity index (χ4n) is 2.11. The fourth-order valence-corrected chi connectivity index (χ4v) is 3.22. The van der Waals surface area contributed by atoms with Gasteiger partial charge in [-0.1, -0.05) is 43.7 Å². The summed E-state index contributed by atoms with van der Waals surface area (Å²) in [4.78, 5) is 1.37. The van der Waals surface area contributed by atoms with Crippen LogP contribution >= 0.6 is 11.8 Å². The van der Waals surface area contributed by atoms with E-state index in [4.69, 9.17) is 0 Å². The van der Waals surface area contributed by atoms with Crippen LogP contribution in [0.25, 0.3) is 10.8 Å². The molecule has 0 aliphatic heterocycles. The molecule has 0 heterocycles. The van der Waals surface area contributed by atoms with E-state index in [1.54, 1.807) is 0 Å². The van der Waals surface area contributed by atoms with Crippen molar-refractivity contribution >= 4 is 22.5 Å². The smallest absolute Gasteiger partial charge is 0.0158 e. The standard InChI is InChI=1S/C16H21NS/c1-3-6-15(17-2)12-18-16-10-9-13-7-4-5-8-14(13)11-16/h4-5,7-11,15,17H,3,6,12H2,1-2H3. The van der Waals surface area contributed by atoms with Crippen LogP contribution in [0.5, 0.6) is 0 Å². The van der Waals surface area contributed by atoms with E-state index >= 15 is 0 Å². The van der Waals surface area contributed by atoms with Crippen LogP contribution in [0.4, 0.5) is 0 Å². The van der Waals surface area contributed by atoms with Crippen molar-refractivity contribution in [2.75, 3.05) is 12.8 Å². The highest BCUT2D eigenvalue weighted by Crippen LogP contribution is 2.24. The molecule has 0 fully saturated rings. The van der Waals surface area contributed by atoms with Crippen molar-refractivity contribution in [3.8, 4) is 0 Å². The third-order valence-electron chi connectivity index (χ3n) is 3.22. The Bertz CT molecular complexity index is 495. The van der Waals surface area contributed by atoms with E-state index < -0.39 is 0 Å². The molecule has 0 bridgehead atoms. The molecule has 0 aliphatic carbocycles. The number of nitrogens with one attached hydrogen (secondary N) is 1. The normalized spacial score (nSPS) is 12.8. The van der Waals surface area contributed by atoms with Gasteiger partial charge in [0, 0.05) is 16.7 Å². The van der Waals surface area contributed by atoms with Crippen molar-refractivity contribution in [1.29, 1.82) is 0 Å². The molecule has 0 radical (unpaired) electrons. The molecule has 0 aliphatic rings. The Morgan fingerprint density at radius 1 is 1.11 bits per heavy atom. The summed E-state index contributed by atoms with van der Waals surface area (Å²) in [5, 5.41) is 6.04. The molecular weight excluding hydrogens is 238 g/mol. The van der Waals surface area contributed by atoms with Crippen molar-refractivity contribution in [2.45, 2.75) is 30.7 Å². The summed E-state index contributed by atoms with van der Waals surface area (Å²) in [6, 6.07) is 15.9. The Labute approximate surface area is 114 Å². The molecule has 0 spiro atoms. The highest BCUT2D eigenvalue weighted by molar-refractivity contribution is 7.99. The molecule has 0 amide bonds. The van der Waals surface area contributed by atoms with Crippen LogP contribution in [-0.2, 0) is 0 Å². The first-order chi connectivity index (χ1) is 8.83. The van der Waals surface area contributed by atoms with Crippen molar-refractivity contribution in [3.63, 3.8) is 0 Å². The van der Waals surface area contributed by atoms with Crippen LogP contribution in [0.2, 0.25) is 0 Å². The van der Waals surface area contributed by atoms with Gasteiger partial charge >= 0.3 is 0 Å². The number of hydrogen-bond donors (Lipinski definition) is 1. The van der Waals surface area contributed by atoms with Crippen molar-refractivity contribution in [1.82, 2.24) is 5.32 Å². The van der Waals surface area contributed by atoms with E-state index in [0.717, 1.165) is 5.75 Å². The maximum absolute atomic E-state index is 3.39. The Kier molecular flexibility index (Phi) is 5.09. The average Bonchev–Trinajstić information content (AvgIpc) is 2.43. The van der Waals surface area contributed by atoms with Gasteiger partial charge in [-0.15, -0.1) is 11.8 Å². The van der Waals surface area contributed by atoms with Crippen LogP contribution in [0.3, 0.4) is 0 Å². The Balaban J connectivity index is 2.03. The molecule has 2 rings (SSSR count). The highest BCUT2D eigenvalue weighted by atomic mass is 32.2. The molecular formula is C16H21NS. The van der Waals surface area contributed by atoms with Gasteiger partial charge in [0.15, 0.2) is 0 Å². The van der Waals surface area contributed by atoms with Gasteiger partial charge in [0.2, 0.25) is 0 Å². The molecule has 2 aromatic carbocycles. The predicted octanol–water partition coefficient (Wildman–Crippen LogP) is 4.32. The Morgan fingerprint density at radius 2 is 1.89 bits per heavy atom. The number of thioether (sulfide) groups is 1. The second-order valence-corrected chi connectivity index (χ2v) is 5.69. The highest BCUT2D eigenvalue weighted by Gasteiger charge is 2.05. The SMILES string of the molecule is CCCC(CSc1ccc2ccccc2c1)NC. The van der Waals surface area contributed by atoms with Crippen LogP contribution in [0.1, 0.15) is 19.8 Å². The number of hydrogen-bond acceptors (Lipinski definition) is 2. The summed E-state index contributed by atoms with van der Waals surface area (Å²) in [6.45, 7) is 2.24. The molecule has 1 unspecified atom stereocenters. The van der Waals surface area contributed by atoms with Gasteiger partial charge in [0.1, 0.15) is 0 Å². The third kappa shape index (κ3) is 3.50. The molecule has 0 saturated heterocycles. The van der Waals surface area contributed by atoms with E-state index in [1.165, 1.54) is 28.5 Å². The summed E-state index contributed by atoms with van der Waals surface area (Å²) >= 11 is 1.95. The average molecular weight is 259 g/mol. The van der Waals surface area contributed by atoms with Crippen LogP contribution < -0.4 is 5.32 Å². The van der Waals surface area contributed by atoms with Gasteiger partial charge in [-0.25, -0.2) is 0 Å². The minimum Gasteiger partial charge on any atom is -0.316 e. The minimum absolute atomic E-state index is 0.617. The lowest BCUT2D eigenvalue weighted by molar-refractivity contribution is 0.565. The second-order valence-electron chi connectivity index (χ2n) is 4.59. The lowest BCUT2D eigenvalue weighted by atomic mass is 10.1. The predicted molar refractivity (Wildman–Crippen MR) is 82.4 cm³/mol. The summed E-state index contributed by atoms with van der Waals surface area (Å²) in [6.07, 6.45) is 2.49. The largest absolute Gasteiger partial charge is 0.316 e. The molecule has 1 nitrogen and oxygen atoms in total. The summed E-state index contributed by atoms with van der Waals surface area (Å²) in [5.41, 5.74) is 0.